The molecule has 0 unspecified atom stereocenters. The molecule has 0 aromatic heterocycles. The fraction of sp³-hybridized carbons (Fsp3) is 0.562. The van der Waals surface area contributed by atoms with Crippen molar-refractivity contribution in [2.75, 3.05) is 0 Å². The number of aliphatic carboxylic acids is 1. The molecule has 4 heteroatoms. The molecule has 1 aliphatic rings. The molecule has 0 bridgehead atoms. The largest absolute Gasteiger partial charge is 0.507 e. The summed E-state index contributed by atoms with van der Waals surface area (Å²) in [6.45, 7) is 4.58. The van der Waals surface area contributed by atoms with Crippen molar-refractivity contribution in [2.45, 2.75) is 52.1 Å². The smallest absolute Gasteiger partial charge is 0.306 e. The molecule has 1 aromatic carbocycles. The lowest BCUT2D eigenvalue weighted by molar-refractivity contribution is -0.142. The highest BCUT2D eigenvalue weighted by molar-refractivity contribution is 5.70. The Morgan fingerprint density at radius 1 is 1.20 bits per heavy atom. The molecular weight excluding hydrogens is 254 g/mol. The van der Waals surface area contributed by atoms with Gasteiger partial charge in [-0.3, -0.25) is 4.79 Å². The molecule has 0 heterocycles. The highest BCUT2D eigenvalue weighted by atomic mass is 16.4. The molecule has 0 amide bonds. The van der Waals surface area contributed by atoms with E-state index in [1.807, 2.05) is 26.0 Å². The molecule has 0 aliphatic heterocycles. The minimum absolute atomic E-state index is 0.161. The van der Waals surface area contributed by atoms with Crippen molar-refractivity contribution in [3.63, 3.8) is 0 Å². The molecule has 20 heavy (non-hydrogen) atoms. The zero-order chi connectivity index (χ0) is 14.7. The standard InChI is InChI=1S/C16H23NO3/c1-10-7-12(8-11(2)15(10)18)9-17-14-5-3-13(4-6-14)16(19)20/h7-8,13-14,17-18H,3-6,9H2,1-2H3,(H,19,20). The van der Waals surface area contributed by atoms with Crippen LogP contribution in [-0.4, -0.2) is 22.2 Å². The summed E-state index contributed by atoms with van der Waals surface area (Å²) in [5, 5.41) is 22.2. The first-order valence-corrected chi connectivity index (χ1v) is 7.22. The zero-order valence-electron chi connectivity index (χ0n) is 12.1. The third kappa shape index (κ3) is 3.51. The van der Waals surface area contributed by atoms with E-state index in [2.05, 4.69) is 5.32 Å². The Morgan fingerprint density at radius 3 is 2.25 bits per heavy atom. The second kappa shape index (κ2) is 6.27. The van der Waals surface area contributed by atoms with Crippen molar-refractivity contribution in [1.29, 1.82) is 0 Å². The van der Waals surface area contributed by atoms with Gasteiger partial charge in [0, 0.05) is 12.6 Å². The van der Waals surface area contributed by atoms with Gasteiger partial charge < -0.3 is 15.5 Å². The van der Waals surface area contributed by atoms with Gasteiger partial charge in [-0.05, 0) is 56.2 Å². The summed E-state index contributed by atoms with van der Waals surface area (Å²) >= 11 is 0. The predicted octanol–water partition coefficient (Wildman–Crippen LogP) is 2.74. The number of carboxylic acids is 1. The minimum Gasteiger partial charge on any atom is -0.507 e. The Hall–Kier alpha value is -1.55. The van der Waals surface area contributed by atoms with E-state index in [0.717, 1.165) is 48.9 Å². The van der Waals surface area contributed by atoms with Crippen molar-refractivity contribution in [1.82, 2.24) is 5.32 Å². The molecule has 3 N–H and O–H groups in total. The molecule has 4 nitrogen and oxygen atoms in total. The van der Waals surface area contributed by atoms with Crippen LogP contribution in [0.4, 0.5) is 0 Å². The summed E-state index contributed by atoms with van der Waals surface area (Å²) in [6.07, 6.45) is 3.38. The van der Waals surface area contributed by atoms with Gasteiger partial charge in [-0.2, -0.15) is 0 Å². The normalized spacial score (nSPS) is 22.7. The number of nitrogens with one attached hydrogen (secondary N) is 1. The summed E-state index contributed by atoms with van der Waals surface area (Å²) < 4.78 is 0. The van der Waals surface area contributed by atoms with Gasteiger partial charge in [0.25, 0.3) is 0 Å². The van der Waals surface area contributed by atoms with Gasteiger partial charge in [-0.1, -0.05) is 12.1 Å². The van der Waals surface area contributed by atoms with Crippen molar-refractivity contribution in [2.24, 2.45) is 5.92 Å². The van der Waals surface area contributed by atoms with Crippen LogP contribution in [0.15, 0.2) is 12.1 Å². The van der Waals surface area contributed by atoms with Crippen LogP contribution < -0.4 is 5.32 Å². The Labute approximate surface area is 119 Å². The Bertz CT molecular complexity index is 467. The average molecular weight is 277 g/mol. The maximum absolute atomic E-state index is 10.9. The highest BCUT2D eigenvalue weighted by Gasteiger charge is 2.25. The first kappa shape index (κ1) is 14.9. The van der Waals surface area contributed by atoms with Crippen molar-refractivity contribution in [3.8, 4) is 5.75 Å². The lowest BCUT2D eigenvalue weighted by Gasteiger charge is -2.27. The summed E-state index contributed by atoms with van der Waals surface area (Å²) in [4.78, 5) is 10.9. The van der Waals surface area contributed by atoms with Crippen LogP contribution in [0, 0.1) is 19.8 Å². The number of phenolic OH excluding ortho intramolecular Hbond substituents is 1. The van der Waals surface area contributed by atoms with E-state index in [4.69, 9.17) is 5.11 Å². The number of benzene rings is 1. The molecule has 0 saturated heterocycles. The number of aromatic hydroxyl groups is 1. The maximum atomic E-state index is 10.9. The van der Waals surface area contributed by atoms with E-state index in [1.54, 1.807) is 0 Å². The Balaban J connectivity index is 1.86. The van der Waals surface area contributed by atoms with Crippen LogP contribution in [-0.2, 0) is 11.3 Å². The third-order valence-corrected chi connectivity index (χ3v) is 4.22. The van der Waals surface area contributed by atoms with E-state index < -0.39 is 5.97 Å². The van der Waals surface area contributed by atoms with Gasteiger partial charge in [-0.15, -0.1) is 0 Å². The van der Waals surface area contributed by atoms with Crippen LogP contribution in [0.5, 0.6) is 5.75 Å². The van der Waals surface area contributed by atoms with Gasteiger partial charge in [-0.25, -0.2) is 0 Å². The van der Waals surface area contributed by atoms with E-state index in [-0.39, 0.29) is 5.92 Å². The van der Waals surface area contributed by atoms with Gasteiger partial charge in [0.05, 0.1) is 5.92 Å². The van der Waals surface area contributed by atoms with Gasteiger partial charge >= 0.3 is 5.97 Å². The van der Waals surface area contributed by atoms with Gasteiger partial charge in [0.1, 0.15) is 5.75 Å². The Kier molecular flexibility index (Phi) is 4.65. The average Bonchev–Trinajstić information content (AvgIpc) is 2.42. The van der Waals surface area contributed by atoms with E-state index in [9.17, 15) is 9.90 Å². The maximum Gasteiger partial charge on any atom is 0.306 e. The zero-order valence-corrected chi connectivity index (χ0v) is 12.1. The lowest BCUT2D eigenvalue weighted by Crippen LogP contribution is -2.34. The van der Waals surface area contributed by atoms with Gasteiger partial charge in [0.15, 0.2) is 0 Å². The van der Waals surface area contributed by atoms with Crippen molar-refractivity contribution < 1.29 is 15.0 Å². The van der Waals surface area contributed by atoms with Crippen LogP contribution in [0.2, 0.25) is 0 Å². The number of carboxylic acid groups (broad SMARTS) is 1. The number of carbonyl (C=O) groups is 1. The first-order chi connectivity index (χ1) is 9.47. The van der Waals surface area contributed by atoms with E-state index in [0.29, 0.717) is 11.8 Å². The first-order valence-electron chi connectivity index (χ1n) is 7.22. The summed E-state index contributed by atoms with van der Waals surface area (Å²) in [5.41, 5.74) is 2.96. The van der Waals surface area contributed by atoms with Crippen molar-refractivity contribution >= 4 is 5.97 Å². The Morgan fingerprint density at radius 2 is 1.75 bits per heavy atom. The van der Waals surface area contributed by atoms with Crippen LogP contribution in [0.25, 0.3) is 0 Å². The number of rotatable bonds is 4. The molecule has 0 atom stereocenters. The fourth-order valence-corrected chi connectivity index (χ4v) is 2.95. The van der Waals surface area contributed by atoms with Crippen LogP contribution >= 0.6 is 0 Å². The number of phenols is 1. The molecule has 1 aliphatic carbocycles. The lowest BCUT2D eigenvalue weighted by atomic mass is 9.86. The minimum atomic E-state index is -0.659. The SMILES string of the molecule is Cc1cc(CNC2CCC(C(=O)O)CC2)cc(C)c1O. The summed E-state index contributed by atoms with van der Waals surface area (Å²) in [6, 6.07) is 4.40. The third-order valence-electron chi connectivity index (χ3n) is 4.22. The van der Waals surface area contributed by atoms with Crippen molar-refractivity contribution in [3.05, 3.63) is 28.8 Å². The van der Waals surface area contributed by atoms with Crippen LogP contribution in [0.3, 0.4) is 0 Å². The van der Waals surface area contributed by atoms with E-state index >= 15 is 0 Å². The molecule has 0 spiro atoms. The fourth-order valence-electron chi connectivity index (χ4n) is 2.95. The monoisotopic (exact) mass is 277 g/mol. The van der Waals surface area contributed by atoms with E-state index in [1.165, 1.54) is 0 Å². The molecule has 2 rings (SSSR count). The van der Waals surface area contributed by atoms with Crippen LogP contribution in [0.1, 0.15) is 42.4 Å². The second-order valence-corrected chi connectivity index (χ2v) is 5.85. The number of hydrogen-bond donors (Lipinski definition) is 3. The second-order valence-electron chi connectivity index (χ2n) is 5.85. The molecule has 1 aromatic rings. The summed E-state index contributed by atoms with van der Waals surface area (Å²) in [5.74, 6) is -0.449. The molecular formula is C16H23NO3. The topological polar surface area (TPSA) is 69.6 Å². The predicted molar refractivity (Wildman–Crippen MR) is 77.8 cm³/mol. The highest BCUT2D eigenvalue weighted by Crippen LogP contribution is 2.26. The molecule has 1 saturated carbocycles. The number of hydrogen-bond acceptors (Lipinski definition) is 3. The van der Waals surface area contributed by atoms with Gasteiger partial charge in [0.2, 0.25) is 0 Å². The molecule has 1 fully saturated rings. The molecule has 0 radical (unpaired) electrons. The quantitative estimate of drug-likeness (QED) is 0.791. The number of aryl methyl sites for hydroxylation is 2. The molecule has 110 valence electrons. The summed E-state index contributed by atoms with van der Waals surface area (Å²) in [7, 11) is 0.